The van der Waals surface area contributed by atoms with Gasteiger partial charge in [0.2, 0.25) is 0 Å². The third-order valence-electron chi connectivity index (χ3n) is 6.12. The number of amides is 2. The van der Waals surface area contributed by atoms with Crippen molar-refractivity contribution in [1.29, 1.82) is 0 Å². The summed E-state index contributed by atoms with van der Waals surface area (Å²) in [6, 6.07) is 13.6. The molecule has 0 radical (unpaired) electrons. The van der Waals surface area contributed by atoms with Crippen molar-refractivity contribution >= 4 is 34.8 Å². The summed E-state index contributed by atoms with van der Waals surface area (Å²) in [4.78, 5) is 27.9. The number of anilines is 2. The summed E-state index contributed by atoms with van der Waals surface area (Å²) in [5.41, 5.74) is 7.93. The van der Waals surface area contributed by atoms with E-state index < -0.39 is 23.6 Å². The molecule has 2 aliphatic rings. The zero-order valence-electron chi connectivity index (χ0n) is 17.2. The van der Waals surface area contributed by atoms with Gasteiger partial charge in [-0.15, -0.1) is 0 Å². The number of rotatable bonds is 5. The lowest BCUT2D eigenvalue weighted by Crippen LogP contribution is -2.43. The molecule has 6 nitrogen and oxygen atoms in total. The molecule has 0 saturated heterocycles. The maximum Gasteiger partial charge on any atom is 0.294 e. The number of benzene rings is 2. The highest BCUT2D eigenvalue weighted by atomic mass is 35.5. The molecular weight excluding hydrogens is 414 g/mol. The average molecular weight is 440 g/mol. The Morgan fingerprint density at radius 1 is 1.13 bits per heavy atom. The standard InChI is InChI=1S/C24H26ClN3O3/c25-17-7-4-8-18(13-17)27-23(30)20-21(16-5-2-1-3-6-16)28(24(31)22(20)29)19-11-9-15(14-26)10-12-19/h4,7-13,16,21,29H,1-3,5-6,14,26H2,(H,27,30). The van der Waals surface area contributed by atoms with Crippen LogP contribution in [0.1, 0.15) is 37.7 Å². The number of aliphatic hydroxyl groups excluding tert-OH is 1. The van der Waals surface area contributed by atoms with Gasteiger partial charge in [0, 0.05) is 22.9 Å². The number of hydrogen-bond donors (Lipinski definition) is 3. The van der Waals surface area contributed by atoms with Crippen molar-refractivity contribution < 1.29 is 14.7 Å². The van der Waals surface area contributed by atoms with E-state index in [2.05, 4.69) is 5.32 Å². The van der Waals surface area contributed by atoms with Gasteiger partial charge in [-0.3, -0.25) is 14.5 Å². The quantitative estimate of drug-likeness (QED) is 0.637. The van der Waals surface area contributed by atoms with Gasteiger partial charge >= 0.3 is 0 Å². The molecular formula is C24H26ClN3O3. The maximum absolute atomic E-state index is 13.2. The summed E-state index contributed by atoms with van der Waals surface area (Å²) in [5.74, 6) is -1.42. The zero-order chi connectivity index (χ0) is 22.0. The number of hydrogen-bond acceptors (Lipinski definition) is 4. The van der Waals surface area contributed by atoms with Gasteiger partial charge in [0.1, 0.15) is 0 Å². The second kappa shape index (κ2) is 9.12. The fourth-order valence-corrected chi connectivity index (χ4v) is 4.79. The summed E-state index contributed by atoms with van der Waals surface area (Å²) in [6.07, 6.45) is 5.02. The van der Waals surface area contributed by atoms with Crippen LogP contribution in [0.15, 0.2) is 59.9 Å². The van der Waals surface area contributed by atoms with Crippen LogP contribution in [0.2, 0.25) is 5.02 Å². The summed E-state index contributed by atoms with van der Waals surface area (Å²) in [6.45, 7) is 0.400. The SMILES string of the molecule is NCc1ccc(N2C(=O)C(O)=C(C(=O)Nc3cccc(Cl)c3)C2C2CCCCC2)cc1. The van der Waals surface area contributed by atoms with Crippen LogP contribution >= 0.6 is 11.6 Å². The van der Waals surface area contributed by atoms with E-state index in [1.165, 1.54) is 0 Å². The van der Waals surface area contributed by atoms with Crippen molar-refractivity contribution in [2.75, 3.05) is 10.2 Å². The fourth-order valence-electron chi connectivity index (χ4n) is 4.60. The first-order valence-electron chi connectivity index (χ1n) is 10.6. The van der Waals surface area contributed by atoms with Crippen LogP contribution in [-0.2, 0) is 16.1 Å². The lowest BCUT2D eigenvalue weighted by atomic mass is 9.80. The van der Waals surface area contributed by atoms with Crippen molar-refractivity contribution in [3.05, 3.63) is 70.4 Å². The molecule has 4 rings (SSSR count). The monoisotopic (exact) mass is 439 g/mol. The van der Waals surface area contributed by atoms with Gasteiger partial charge in [-0.1, -0.05) is 49.1 Å². The van der Waals surface area contributed by atoms with Crippen LogP contribution in [0.4, 0.5) is 11.4 Å². The topological polar surface area (TPSA) is 95.7 Å². The van der Waals surface area contributed by atoms with Gasteiger partial charge in [-0.25, -0.2) is 0 Å². The van der Waals surface area contributed by atoms with E-state index in [4.69, 9.17) is 17.3 Å². The van der Waals surface area contributed by atoms with Gasteiger partial charge in [0.05, 0.1) is 11.6 Å². The predicted octanol–water partition coefficient (Wildman–Crippen LogP) is 4.55. The Balaban J connectivity index is 1.70. The Morgan fingerprint density at radius 2 is 1.84 bits per heavy atom. The molecule has 1 aliphatic carbocycles. The molecule has 162 valence electrons. The molecule has 1 fully saturated rings. The largest absolute Gasteiger partial charge is 0.503 e. The molecule has 0 spiro atoms. The molecule has 1 aliphatic heterocycles. The van der Waals surface area contributed by atoms with E-state index in [0.717, 1.165) is 37.7 Å². The van der Waals surface area contributed by atoms with Crippen LogP contribution in [0.25, 0.3) is 0 Å². The average Bonchev–Trinajstić information content (AvgIpc) is 3.05. The van der Waals surface area contributed by atoms with Crippen molar-refractivity contribution in [2.45, 2.75) is 44.7 Å². The fraction of sp³-hybridized carbons (Fsp3) is 0.333. The number of halogens is 1. The minimum absolute atomic E-state index is 0.0941. The Labute approximate surface area is 186 Å². The molecule has 2 amide bonds. The molecule has 2 aromatic rings. The van der Waals surface area contributed by atoms with E-state index in [1.54, 1.807) is 29.2 Å². The lowest BCUT2D eigenvalue weighted by molar-refractivity contribution is -0.117. The van der Waals surface area contributed by atoms with Crippen molar-refractivity contribution in [2.24, 2.45) is 11.7 Å². The Kier molecular flexibility index (Phi) is 6.30. The number of nitrogens with one attached hydrogen (secondary N) is 1. The first-order valence-corrected chi connectivity index (χ1v) is 11.0. The summed E-state index contributed by atoms with van der Waals surface area (Å²) >= 11 is 6.03. The molecule has 4 N–H and O–H groups in total. The maximum atomic E-state index is 13.2. The minimum atomic E-state index is -0.549. The molecule has 1 saturated carbocycles. The second-order valence-electron chi connectivity index (χ2n) is 8.12. The van der Waals surface area contributed by atoms with Crippen LogP contribution in [0.5, 0.6) is 0 Å². The highest BCUT2D eigenvalue weighted by molar-refractivity contribution is 6.31. The molecule has 31 heavy (non-hydrogen) atoms. The van der Waals surface area contributed by atoms with Crippen molar-refractivity contribution in [3.8, 4) is 0 Å². The van der Waals surface area contributed by atoms with Crippen LogP contribution in [0, 0.1) is 5.92 Å². The Bertz CT molecular complexity index is 1010. The normalized spacial score (nSPS) is 19.7. The zero-order valence-corrected chi connectivity index (χ0v) is 17.9. The van der Waals surface area contributed by atoms with Gasteiger partial charge in [-0.2, -0.15) is 0 Å². The number of nitrogens with zero attached hydrogens (tertiary/aromatic N) is 1. The summed E-state index contributed by atoms with van der Waals surface area (Å²) in [5, 5.41) is 14.1. The second-order valence-corrected chi connectivity index (χ2v) is 8.55. The Hall–Kier alpha value is -2.83. The first-order chi connectivity index (χ1) is 15.0. The van der Waals surface area contributed by atoms with Crippen LogP contribution < -0.4 is 16.0 Å². The Morgan fingerprint density at radius 3 is 2.48 bits per heavy atom. The smallest absolute Gasteiger partial charge is 0.294 e. The molecule has 0 aromatic heterocycles. The van der Waals surface area contributed by atoms with Crippen molar-refractivity contribution in [3.63, 3.8) is 0 Å². The predicted molar refractivity (Wildman–Crippen MR) is 122 cm³/mol. The molecule has 0 bridgehead atoms. The van der Waals surface area contributed by atoms with Gasteiger partial charge < -0.3 is 16.2 Å². The highest BCUT2D eigenvalue weighted by Gasteiger charge is 2.47. The van der Waals surface area contributed by atoms with Gasteiger partial charge in [-0.05, 0) is 54.7 Å². The van der Waals surface area contributed by atoms with E-state index in [9.17, 15) is 14.7 Å². The summed E-state index contributed by atoms with van der Waals surface area (Å²) in [7, 11) is 0. The number of carbonyl (C=O) groups is 2. The molecule has 2 aromatic carbocycles. The highest BCUT2D eigenvalue weighted by Crippen LogP contribution is 2.40. The van der Waals surface area contributed by atoms with E-state index in [-0.39, 0.29) is 11.5 Å². The lowest BCUT2D eigenvalue weighted by Gasteiger charge is -2.35. The molecule has 1 heterocycles. The van der Waals surface area contributed by atoms with Crippen molar-refractivity contribution in [1.82, 2.24) is 0 Å². The summed E-state index contributed by atoms with van der Waals surface area (Å²) < 4.78 is 0. The minimum Gasteiger partial charge on any atom is -0.503 e. The van der Waals surface area contributed by atoms with Crippen LogP contribution in [0.3, 0.4) is 0 Å². The van der Waals surface area contributed by atoms with E-state index >= 15 is 0 Å². The first kappa shape index (κ1) is 21.4. The third kappa shape index (κ3) is 4.31. The molecule has 1 unspecified atom stereocenters. The van der Waals surface area contributed by atoms with Gasteiger partial charge in [0.25, 0.3) is 11.8 Å². The van der Waals surface area contributed by atoms with E-state index in [1.807, 2.05) is 24.3 Å². The van der Waals surface area contributed by atoms with E-state index in [0.29, 0.717) is 22.9 Å². The molecule has 1 atom stereocenters. The van der Waals surface area contributed by atoms with Crippen LogP contribution in [-0.4, -0.2) is 23.0 Å². The number of aliphatic hydroxyl groups is 1. The number of nitrogens with two attached hydrogens (primary N) is 1. The molecule has 7 heteroatoms. The number of carbonyl (C=O) groups excluding carboxylic acids is 2. The third-order valence-corrected chi connectivity index (χ3v) is 6.36. The van der Waals surface area contributed by atoms with Gasteiger partial charge in [0.15, 0.2) is 5.76 Å².